The highest BCUT2D eigenvalue weighted by Crippen LogP contribution is 2.39. The Hall–Kier alpha value is -3.71. The predicted molar refractivity (Wildman–Crippen MR) is 107 cm³/mol. The summed E-state index contributed by atoms with van der Waals surface area (Å²) in [6.45, 7) is 1.69. The summed E-state index contributed by atoms with van der Waals surface area (Å²) in [6, 6.07) is 15.5. The molecule has 3 aromatic rings. The van der Waals surface area contributed by atoms with Crippen LogP contribution < -0.4 is 9.64 Å². The molecule has 0 radical (unpaired) electrons. The van der Waals surface area contributed by atoms with Crippen molar-refractivity contribution in [3.8, 4) is 11.5 Å². The molecule has 0 bridgehead atoms. The number of halogens is 1. The van der Waals surface area contributed by atoms with E-state index in [9.17, 15) is 19.7 Å². The summed E-state index contributed by atoms with van der Waals surface area (Å²) >= 11 is 5.87. The maximum Gasteiger partial charge on any atom is 0.293 e. The van der Waals surface area contributed by atoms with Gasteiger partial charge < -0.3 is 4.74 Å². The molecule has 0 fully saturated rings. The van der Waals surface area contributed by atoms with Crippen LogP contribution in [-0.4, -0.2) is 16.7 Å². The third-order valence-electron chi connectivity index (χ3n) is 4.49. The van der Waals surface area contributed by atoms with Gasteiger partial charge in [-0.15, -0.1) is 0 Å². The number of nitro benzene ring substituents is 1. The van der Waals surface area contributed by atoms with E-state index in [-0.39, 0.29) is 28.3 Å². The quantitative estimate of drug-likeness (QED) is 0.338. The molecule has 8 heteroatoms. The molecule has 0 unspecified atom stereocenters. The number of hydrogen-bond acceptors (Lipinski definition) is 5. The first-order valence-corrected chi connectivity index (χ1v) is 8.95. The second-order valence-corrected chi connectivity index (χ2v) is 6.87. The van der Waals surface area contributed by atoms with Gasteiger partial charge in [0, 0.05) is 11.1 Å². The minimum atomic E-state index is -0.679. The van der Waals surface area contributed by atoms with Gasteiger partial charge in [-0.25, -0.2) is 4.90 Å². The van der Waals surface area contributed by atoms with Crippen molar-refractivity contribution in [2.45, 2.75) is 6.92 Å². The smallest absolute Gasteiger partial charge is 0.293 e. The van der Waals surface area contributed by atoms with Gasteiger partial charge in [0.1, 0.15) is 17.2 Å². The number of benzene rings is 3. The lowest BCUT2D eigenvalue weighted by Gasteiger charge is -2.14. The molecule has 1 aliphatic rings. The van der Waals surface area contributed by atoms with Crippen LogP contribution in [0.2, 0.25) is 5.02 Å². The molecule has 2 amide bonds. The van der Waals surface area contributed by atoms with Crippen LogP contribution in [0.4, 0.5) is 11.4 Å². The first-order valence-electron chi connectivity index (χ1n) is 8.57. The highest BCUT2D eigenvalue weighted by Gasteiger charge is 2.41. The maximum atomic E-state index is 13.1. The van der Waals surface area contributed by atoms with Crippen molar-refractivity contribution < 1.29 is 19.2 Å². The molecule has 0 N–H and O–H groups in total. The van der Waals surface area contributed by atoms with Crippen LogP contribution in [0, 0.1) is 17.0 Å². The molecule has 7 nitrogen and oxygen atoms in total. The Balaban J connectivity index is 1.79. The average Bonchev–Trinajstić information content (AvgIpc) is 2.95. The van der Waals surface area contributed by atoms with Crippen molar-refractivity contribution in [2.24, 2.45) is 0 Å². The van der Waals surface area contributed by atoms with E-state index in [1.54, 1.807) is 49.4 Å². The Bertz CT molecular complexity index is 1170. The highest BCUT2D eigenvalue weighted by molar-refractivity contribution is 6.36. The van der Waals surface area contributed by atoms with E-state index >= 15 is 0 Å². The number of ether oxygens (including phenoxy) is 1. The molecule has 0 spiro atoms. The molecular weight excluding hydrogens is 396 g/mol. The molecule has 29 heavy (non-hydrogen) atoms. The summed E-state index contributed by atoms with van der Waals surface area (Å²) in [4.78, 5) is 37.7. The van der Waals surface area contributed by atoms with E-state index in [2.05, 4.69) is 0 Å². The number of nitro groups is 1. The van der Waals surface area contributed by atoms with Crippen LogP contribution in [0.3, 0.4) is 0 Å². The van der Waals surface area contributed by atoms with Crippen LogP contribution >= 0.6 is 11.6 Å². The van der Waals surface area contributed by atoms with Crippen molar-refractivity contribution in [3.63, 3.8) is 0 Å². The van der Waals surface area contributed by atoms with Crippen LogP contribution in [0.15, 0.2) is 60.7 Å². The van der Waals surface area contributed by atoms with Gasteiger partial charge in [0.2, 0.25) is 0 Å². The number of fused-ring (bicyclic) bond motifs is 1. The van der Waals surface area contributed by atoms with Gasteiger partial charge in [-0.05, 0) is 55.0 Å². The molecule has 144 valence electrons. The fourth-order valence-electron chi connectivity index (χ4n) is 3.16. The second kappa shape index (κ2) is 7.03. The van der Waals surface area contributed by atoms with E-state index in [1.807, 2.05) is 0 Å². The van der Waals surface area contributed by atoms with Crippen molar-refractivity contribution >= 4 is 34.8 Å². The number of hydrogen-bond donors (Lipinski definition) is 0. The Morgan fingerprint density at radius 2 is 1.72 bits per heavy atom. The number of rotatable bonds is 4. The molecule has 0 aliphatic carbocycles. The summed E-state index contributed by atoms with van der Waals surface area (Å²) < 4.78 is 5.78. The molecule has 0 saturated heterocycles. The molecule has 0 saturated carbocycles. The summed E-state index contributed by atoms with van der Waals surface area (Å²) in [7, 11) is 0. The molecule has 3 aromatic carbocycles. The van der Waals surface area contributed by atoms with E-state index in [1.165, 1.54) is 18.2 Å². The fraction of sp³-hybridized carbons (Fsp3) is 0.0476. The summed E-state index contributed by atoms with van der Waals surface area (Å²) in [5.41, 5.74) is 0.423. The predicted octanol–water partition coefficient (Wildman–Crippen LogP) is 5.15. The number of carbonyl (C=O) groups excluding carboxylic acids is 2. The van der Waals surface area contributed by atoms with Gasteiger partial charge in [0.25, 0.3) is 17.5 Å². The van der Waals surface area contributed by atoms with Crippen LogP contribution in [0.5, 0.6) is 11.5 Å². The lowest BCUT2D eigenvalue weighted by Crippen LogP contribution is -2.30. The standard InChI is InChI=1S/C21H13ClN2O5/c1-12-5-10-16(17(11-12)24(27)28)23-20(25)15-3-2-4-18(19(15)21(23)26)29-14-8-6-13(22)7-9-14/h2-11H,1H3. The maximum absolute atomic E-state index is 13.1. The zero-order valence-electron chi connectivity index (χ0n) is 15.1. The summed E-state index contributed by atoms with van der Waals surface area (Å²) in [5, 5.41) is 12.0. The zero-order chi connectivity index (χ0) is 20.7. The van der Waals surface area contributed by atoms with E-state index < -0.39 is 16.7 Å². The minimum absolute atomic E-state index is 0.0577. The first kappa shape index (κ1) is 18.6. The van der Waals surface area contributed by atoms with Gasteiger partial charge >= 0.3 is 0 Å². The number of aryl methyl sites for hydroxylation is 1. The third-order valence-corrected chi connectivity index (χ3v) is 4.74. The van der Waals surface area contributed by atoms with E-state index in [4.69, 9.17) is 16.3 Å². The van der Waals surface area contributed by atoms with Crippen LogP contribution in [0.25, 0.3) is 0 Å². The monoisotopic (exact) mass is 408 g/mol. The SMILES string of the molecule is Cc1ccc(N2C(=O)c3cccc(Oc4ccc(Cl)cc4)c3C2=O)c([N+](=O)[O-])c1. The normalized spacial score (nSPS) is 12.8. The molecule has 1 aliphatic heterocycles. The molecule has 0 aromatic heterocycles. The number of carbonyl (C=O) groups is 2. The zero-order valence-corrected chi connectivity index (χ0v) is 15.8. The Morgan fingerprint density at radius 3 is 2.41 bits per heavy atom. The lowest BCUT2D eigenvalue weighted by atomic mass is 10.1. The number of amides is 2. The number of anilines is 1. The van der Waals surface area contributed by atoms with Gasteiger partial charge in [0.05, 0.1) is 16.1 Å². The second-order valence-electron chi connectivity index (χ2n) is 6.43. The summed E-state index contributed by atoms with van der Waals surface area (Å²) in [6.07, 6.45) is 0. The van der Waals surface area contributed by atoms with Gasteiger partial charge in [0.15, 0.2) is 0 Å². The minimum Gasteiger partial charge on any atom is -0.457 e. The van der Waals surface area contributed by atoms with Crippen molar-refractivity contribution in [3.05, 3.63) is 92.5 Å². The van der Waals surface area contributed by atoms with Crippen LogP contribution in [-0.2, 0) is 0 Å². The Labute approximate surface area is 170 Å². The third kappa shape index (κ3) is 3.21. The van der Waals surface area contributed by atoms with Crippen molar-refractivity contribution in [1.82, 2.24) is 0 Å². The topological polar surface area (TPSA) is 89.8 Å². The fourth-order valence-corrected chi connectivity index (χ4v) is 3.28. The van der Waals surface area contributed by atoms with Crippen molar-refractivity contribution in [2.75, 3.05) is 4.90 Å². The molecule has 4 rings (SSSR count). The molecule has 1 heterocycles. The highest BCUT2D eigenvalue weighted by atomic mass is 35.5. The number of imide groups is 1. The van der Waals surface area contributed by atoms with Gasteiger partial charge in [-0.2, -0.15) is 0 Å². The van der Waals surface area contributed by atoms with E-state index in [0.717, 1.165) is 4.90 Å². The lowest BCUT2D eigenvalue weighted by molar-refractivity contribution is -0.384. The van der Waals surface area contributed by atoms with Crippen LogP contribution in [0.1, 0.15) is 26.3 Å². The van der Waals surface area contributed by atoms with Gasteiger partial charge in [-0.3, -0.25) is 19.7 Å². The first-order chi connectivity index (χ1) is 13.9. The Morgan fingerprint density at radius 1 is 1.00 bits per heavy atom. The average molecular weight is 409 g/mol. The number of nitrogens with zero attached hydrogens (tertiary/aromatic N) is 2. The summed E-state index contributed by atoms with van der Waals surface area (Å²) in [5.74, 6) is -0.705. The van der Waals surface area contributed by atoms with Crippen molar-refractivity contribution in [1.29, 1.82) is 0 Å². The largest absolute Gasteiger partial charge is 0.457 e. The Kier molecular flexibility index (Phi) is 4.52. The molecule has 0 atom stereocenters. The van der Waals surface area contributed by atoms with Gasteiger partial charge in [-0.1, -0.05) is 23.7 Å². The molecular formula is C21H13ClN2O5. The van der Waals surface area contributed by atoms with E-state index in [0.29, 0.717) is 16.3 Å².